The predicted molar refractivity (Wildman–Crippen MR) is 115 cm³/mol. The Hall–Kier alpha value is -0.230. The lowest BCUT2D eigenvalue weighted by molar-refractivity contribution is -0.926. The second-order valence-electron chi connectivity index (χ2n) is 9.09. The van der Waals surface area contributed by atoms with Crippen LogP contribution < -0.4 is 48.0 Å². The summed E-state index contributed by atoms with van der Waals surface area (Å²) in [7, 11) is 4.48. The molecule has 2 atom stereocenters. The second kappa shape index (κ2) is 14.1. The van der Waals surface area contributed by atoms with E-state index in [1.54, 1.807) is 0 Å². The van der Waals surface area contributed by atoms with Crippen LogP contribution in [0.5, 0.6) is 0 Å². The highest BCUT2D eigenvalue weighted by Gasteiger charge is 2.40. The summed E-state index contributed by atoms with van der Waals surface area (Å²) in [6.07, 6.45) is 9.38. The van der Waals surface area contributed by atoms with Gasteiger partial charge >= 0.3 is 5.97 Å². The number of likely N-dealkylation sites (N-methyl/N-ethyl adjacent to an activating group) is 2. The normalized spacial score (nSPS) is 23.2. The topological polar surface area (TPSA) is 35.5 Å². The summed E-state index contributed by atoms with van der Waals surface area (Å²) in [5.41, 5.74) is 1.03. The van der Waals surface area contributed by atoms with Gasteiger partial charge in [0.2, 0.25) is 6.04 Å². The largest absolute Gasteiger partial charge is 1.00 e. The molecule has 1 aromatic rings. The van der Waals surface area contributed by atoms with Crippen molar-refractivity contribution >= 4 is 5.97 Å². The lowest BCUT2D eigenvalue weighted by atomic mass is 10.0. The molecule has 176 valence electrons. The maximum Gasteiger partial charge on any atom is 0.370 e. The number of ether oxygens (including phenoxy) is 2. The molecule has 2 aliphatic rings. The SMILES string of the molecule is C[N+]1(CCOCCOC(=O)C(c2ccccc2)[N+]2(C)CC=CCC2)CCCCC1.[I-].[I-]. The molecule has 0 N–H and O–H groups in total. The summed E-state index contributed by atoms with van der Waals surface area (Å²) in [5, 5.41) is 0. The first-order chi connectivity index (χ1) is 14.0. The first-order valence-electron chi connectivity index (χ1n) is 11.1. The smallest absolute Gasteiger partial charge is 0.370 e. The number of quaternary nitrogens is 2. The van der Waals surface area contributed by atoms with E-state index >= 15 is 0 Å². The molecular formula is C24H38I2N2O3. The van der Waals surface area contributed by atoms with Crippen molar-refractivity contribution in [2.45, 2.75) is 31.7 Å². The number of esters is 1. The Bertz CT molecular complexity index is 681. The van der Waals surface area contributed by atoms with Crippen LogP contribution in [-0.2, 0) is 14.3 Å². The molecule has 0 aromatic heterocycles. The lowest BCUT2D eigenvalue weighted by Crippen LogP contribution is -3.00. The van der Waals surface area contributed by atoms with Crippen molar-refractivity contribution in [2.24, 2.45) is 0 Å². The van der Waals surface area contributed by atoms with Crippen LogP contribution in [0.15, 0.2) is 42.5 Å². The highest BCUT2D eigenvalue weighted by Crippen LogP contribution is 2.30. The number of carbonyl (C=O) groups is 1. The molecule has 0 amide bonds. The van der Waals surface area contributed by atoms with E-state index in [2.05, 4.69) is 26.2 Å². The average Bonchev–Trinajstić information content (AvgIpc) is 2.72. The van der Waals surface area contributed by atoms with Crippen LogP contribution in [0.4, 0.5) is 0 Å². The molecule has 2 heterocycles. The number of rotatable bonds is 9. The molecule has 0 bridgehead atoms. The number of hydrogen-bond donors (Lipinski definition) is 0. The van der Waals surface area contributed by atoms with Crippen LogP contribution in [0.25, 0.3) is 0 Å². The van der Waals surface area contributed by atoms with Gasteiger partial charge in [0, 0.05) is 12.0 Å². The van der Waals surface area contributed by atoms with Gasteiger partial charge in [-0.1, -0.05) is 36.4 Å². The number of carbonyl (C=O) groups excluding carboxylic acids is 1. The standard InChI is InChI=1S/C24H38N2O3.2HI/c1-25(14-8-4-9-15-25)18-19-28-20-21-29-24(27)23(22-12-6-3-7-13-22)26(2)16-10-5-11-17-26;;/h3,5-7,10,12-13,23H,4,8-9,11,14-21H2,1-2H3;2*1H/q+2;;/p-2. The zero-order chi connectivity index (χ0) is 20.6. The maximum absolute atomic E-state index is 13.1. The summed E-state index contributed by atoms with van der Waals surface area (Å²) in [5.74, 6) is -0.146. The average molecular weight is 656 g/mol. The fraction of sp³-hybridized carbons (Fsp3) is 0.625. The van der Waals surface area contributed by atoms with Gasteiger partial charge < -0.3 is 66.4 Å². The van der Waals surface area contributed by atoms with Gasteiger partial charge in [0.25, 0.3) is 0 Å². The molecule has 3 rings (SSSR count). The molecule has 0 aliphatic carbocycles. The van der Waals surface area contributed by atoms with E-state index < -0.39 is 0 Å². The van der Waals surface area contributed by atoms with Gasteiger partial charge in [-0.05, 0) is 25.3 Å². The zero-order valence-corrected chi connectivity index (χ0v) is 23.3. The van der Waals surface area contributed by atoms with Crippen molar-refractivity contribution in [2.75, 3.05) is 66.6 Å². The Morgan fingerprint density at radius 2 is 1.65 bits per heavy atom. The van der Waals surface area contributed by atoms with E-state index in [1.165, 1.54) is 32.4 Å². The maximum atomic E-state index is 13.1. The van der Waals surface area contributed by atoms with Crippen molar-refractivity contribution in [3.63, 3.8) is 0 Å². The third-order valence-electron chi connectivity index (χ3n) is 6.60. The Balaban J connectivity index is 0.00000240. The van der Waals surface area contributed by atoms with Crippen molar-refractivity contribution in [3.05, 3.63) is 48.0 Å². The van der Waals surface area contributed by atoms with Gasteiger partial charge in [-0.15, -0.1) is 0 Å². The van der Waals surface area contributed by atoms with Crippen molar-refractivity contribution in [1.82, 2.24) is 0 Å². The molecule has 7 heteroatoms. The van der Waals surface area contributed by atoms with Crippen molar-refractivity contribution < 1.29 is 71.2 Å². The van der Waals surface area contributed by atoms with Crippen LogP contribution in [-0.4, -0.2) is 81.6 Å². The Labute approximate surface area is 222 Å². The molecule has 1 fully saturated rings. The Kier molecular flexibility index (Phi) is 13.1. The highest BCUT2D eigenvalue weighted by molar-refractivity contribution is 5.76. The van der Waals surface area contributed by atoms with Crippen LogP contribution >= 0.6 is 0 Å². The van der Waals surface area contributed by atoms with Gasteiger partial charge in [0.15, 0.2) is 0 Å². The van der Waals surface area contributed by atoms with E-state index in [1.807, 2.05) is 30.3 Å². The number of nitrogens with zero attached hydrogens (tertiary/aromatic N) is 2. The summed E-state index contributed by atoms with van der Waals surface area (Å²) >= 11 is 0. The van der Waals surface area contributed by atoms with E-state index in [4.69, 9.17) is 9.47 Å². The minimum atomic E-state index is -0.293. The molecule has 1 aromatic carbocycles. The predicted octanol–water partition coefficient (Wildman–Crippen LogP) is -2.67. The van der Waals surface area contributed by atoms with Crippen molar-refractivity contribution in [1.29, 1.82) is 0 Å². The van der Waals surface area contributed by atoms with Crippen molar-refractivity contribution in [3.8, 4) is 0 Å². The first-order valence-corrected chi connectivity index (χ1v) is 11.1. The fourth-order valence-corrected chi connectivity index (χ4v) is 4.68. The highest BCUT2D eigenvalue weighted by atomic mass is 127. The molecule has 0 radical (unpaired) electrons. The summed E-state index contributed by atoms with van der Waals surface area (Å²) < 4.78 is 13.3. The van der Waals surface area contributed by atoms with E-state index in [-0.39, 0.29) is 60.0 Å². The fourth-order valence-electron chi connectivity index (χ4n) is 4.68. The first kappa shape index (κ1) is 28.8. The zero-order valence-electron chi connectivity index (χ0n) is 19.0. The van der Waals surface area contributed by atoms with Crippen LogP contribution in [0.1, 0.15) is 37.3 Å². The summed E-state index contributed by atoms with van der Waals surface area (Å²) in [6.45, 7) is 6.86. The van der Waals surface area contributed by atoms with E-state index in [0.29, 0.717) is 17.7 Å². The molecule has 31 heavy (non-hydrogen) atoms. The third-order valence-corrected chi connectivity index (χ3v) is 6.60. The van der Waals surface area contributed by atoms with Crippen LogP contribution in [0.2, 0.25) is 0 Å². The molecular weight excluding hydrogens is 618 g/mol. The third kappa shape index (κ3) is 8.57. The Morgan fingerprint density at radius 1 is 0.935 bits per heavy atom. The van der Waals surface area contributed by atoms with Gasteiger partial charge in [0.05, 0.1) is 53.5 Å². The summed E-state index contributed by atoms with van der Waals surface area (Å²) in [4.78, 5) is 13.1. The molecule has 0 spiro atoms. The molecule has 2 aliphatic heterocycles. The molecule has 0 saturated carbocycles. The number of piperidine rings is 1. The number of benzene rings is 1. The summed E-state index contributed by atoms with van der Waals surface area (Å²) in [6, 6.07) is 9.75. The van der Waals surface area contributed by atoms with Gasteiger partial charge in [-0.25, -0.2) is 4.79 Å². The number of halogens is 2. The quantitative estimate of drug-likeness (QED) is 0.0959. The number of hydrogen-bond acceptors (Lipinski definition) is 3. The molecule has 5 nitrogen and oxygen atoms in total. The van der Waals surface area contributed by atoms with E-state index in [9.17, 15) is 4.79 Å². The van der Waals surface area contributed by atoms with Crippen LogP contribution in [0.3, 0.4) is 0 Å². The minimum Gasteiger partial charge on any atom is -1.00 e. The number of likely N-dealkylation sites (tertiary alicyclic amines) is 1. The van der Waals surface area contributed by atoms with Gasteiger partial charge in [-0.2, -0.15) is 0 Å². The molecule has 1 saturated heterocycles. The Morgan fingerprint density at radius 3 is 2.29 bits per heavy atom. The lowest BCUT2D eigenvalue weighted by Gasteiger charge is -2.41. The van der Waals surface area contributed by atoms with Gasteiger partial charge in [-0.3, -0.25) is 0 Å². The monoisotopic (exact) mass is 656 g/mol. The molecule has 2 unspecified atom stereocenters. The second-order valence-corrected chi connectivity index (χ2v) is 9.09. The minimum absolute atomic E-state index is 0. The van der Waals surface area contributed by atoms with Crippen LogP contribution in [0, 0.1) is 0 Å². The van der Waals surface area contributed by atoms with Gasteiger partial charge in [0.1, 0.15) is 13.2 Å². The van der Waals surface area contributed by atoms with E-state index in [0.717, 1.165) is 42.7 Å².